The number of hydrogen-bond acceptors (Lipinski definition) is 4. The van der Waals surface area contributed by atoms with Crippen molar-refractivity contribution in [3.8, 4) is 11.5 Å². The van der Waals surface area contributed by atoms with Crippen LogP contribution in [0.1, 0.15) is 28.7 Å². The molecule has 130 valence electrons. The van der Waals surface area contributed by atoms with Gasteiger partial charge in [0.1, 0.15) is 0 Å². The predicted octanol–water partition coefficient (Wildman–Crippen LogP) is 2.58. The number of methoxy groups -OCH3 is 2. The highest BCUT2D eigenvalue weighted by molar-refractivity contribution is 5.94. The number of aryl methyl sites for hydroxylation is 2. The van der Waals surface area contributed by atoms with Gasteiger partial charge in [0.25, 0.3) is 5.91 Å². The molecule has 0 aliphatic heterocycles. The summed E-state index contributed by atoms with van der Waals surface area (Å²) in [5.74, 6) is 1.29. The molecular weight excluding hydrogens is 306 g/mol. The molecule has 1 atom stereocenters. The highest BCUT2D eigenvalue weighted by Gasteiger charge is 2.13. The molecule has 1 heterocycles. The van der Waals surface area contributed by atoms with Crippen molar-refractivity contribution in [1.29, 1.82) is 0 Å². The molecular formula is C18H25N3O3. The lowest BCUT2D eigenvalue weighted by Gasteiger charge is -2.14. The van der Waals surface area contributed by atoms with Gasteiger partial charge in [0, 0.05) is 24.3 Å². The van der Waals surface area contributed by atoms with Crippen molar-refractivity contribution in [3.05, 3.63) is 41.2 Å². The van der Waals surface area contributed by atoms with Gasteiger partial charge in [0.15, 0.2) is 11.5 Å². The van der Waals surface area contributed by atoms with Crippen LogP contribution < -0.4 is 14.8 Å². The van der Waals surface area contributed by atoms with Crippen molar-refractivity contribution in [2.45, 2.75) is 27.3 Å². The monoisotopic (exact) mass is 331 g/mol. The molecule has 6 heteroatoms. The molecule has 24 heavy (non-hydrogen) atoms. The van der Waals surface area contributed by atoms with Crippen LogP contribution in [0.3, 0.4) is 0 Å². The molecule has 2 rings (SSSR count). The third-order valence-electron chi connectivity index (χ3n) is 3.84. The summed E-state index contributed by atoms with van der Waals surface area (Å²) in [6, 6.07) is 7.18. The molecule has 1 amide bonds. The summed E-state index contributed by atoms with van der Waals surface area (Å²) in [6.45, 7) is 7.45. The lowest BCUT2D eigenvalue weighted by atomic mass is 10.1. The number of nitrogens with zero attached hydrogens (tertiary/aromatic N) is 2. The van der Waals surface area contributed by atoms with Gasteiger partial charge in [0.05, 0.1) is 19.9 Å². The average Bonchev–Trinajstić information content (AvgIpc) is 2.89. The third-order valence-corrected chi connectivity index (χ3v) is 3.84. The van der Waals surface area contributed by atoms with Crippen LogP contribution in [0.2, 0.25) is 0 Å². The van der Waals surface area contributed by atoms with E-state index in [0.29, 0.717) is 23.6 Å². The molecule has 1 aromatic carbocycles. The fourth-order valence-electron chi connectivity index (χ4n) is 2.57. The minimum Gasteiger partial charge on any atom is -0.493 e. The van der Waals surface area contributed by atoms with Crippen LogP contribution >= 0.6 is 0 Å². The Labute approximate surface area is 142 Å². The molecule has 1 N–H and O–H groups in total. The van der Waals surface area contributed by atoms with E-state index in [0.717, 1.165) is 17.9 Å². The van der Waals surface area contributed by atoms with Crippen LogP contribution in [-0.4, -0.2) is 36.5 Å². The first-order chi connectivity index (χ1) is 11.4. The van der Waals surface area contributed by atoms with E-state index < -0.39 is 0 Å². The first-order valence-corrected chi connectivity index (χ1v) is 7.96. The number of benzene rings is 1. The van der Waals surface area contributed by atoms with E-state index in [2.05, 4.69) is 23.4 Å². The Kier molecular flexibility index (Phi) is 5.84. The SMILES string of the molecule is COc1ccc(C(=O)NCC(C)Cn2nc(C)cc2C)cc1OC. The topological polar surface area (TPSA) is 65.4 Å². The number of ether oxygens (including phenoxy) is 2. The molecule has 0 aliphatic rings. The zero-order valence-corrected chi connectivity index (χ0v) is 14.9. The lowest BCUT2D eigenvalue weighted by molar-refractivity contribution is 0.0946. The Morgan fingerprint density at radius 1 is 1.21 bits per heavy atom. The maximum Gasteiger partial charge on any atom is 0.251 e. The Bertz CT molecular complexity index is 710. The van der Waals surface area contributed by atoms with E-state index in [1.807, 2.05) is 18.5 Å². The van der Waals surface area contributed by atoms with Gasteiger partial charge in [-0.1, -0.05) is 6.92 Å². The van der Waals surface area contributed by atoms with Crippen LogP contribution in [0.5, 0.6) is 11.5 Å². The van der Waals surface area contributed by atoms with Crippen LogP contribution in [0.4, 0.5) is 0 Å². The number of carbonyl (C=O) groups is 1. The van der Waals surface area contributed by atoms with Crippen LogP contribution in [0, 0.1) is 19.8 Å². The van der Waals surface area contributed by atoms with Crippen molar-refractivity contribution >= 4 is 5.91 Å². The highest BCUT2D eigenvalue weighted by Crippen LogP contribution is 2.27. The Balaban J connectivity index is 1.94. The minimum atomic E-state index is -0.129. The molecule has 0 bridgehead atoms. The first kappa shape index (κ1) is 17.8. The number of rotatable bonds is 7. The third kappa shape index (κ3) is 4.28. The van der Waals surface area contributed by atoms with Crippen molar-refractivity contribution < 1.29 is 14.3 Å². The van der Waals surface area contributed by atoms with Gasteiger partial charge in [-0.05, 0) is 44.0 Å². The maximum atomic E-state index is 12.3. The van der Waals surface area contributed by atoms with Gasteiger partial charge < -0.3 is 14.8 Å². The van der Waals surface area contributed by atoms with E-state index in [1.54, 1.807) is 32.4 Å². The smallest absolute Gasteiger partial charge is 0.251 e. The van der Waals surface area contributed by atoms with Gasteiger partial charge in [-0.25, -0.2) is 0 Å². The van der Waals surface area contributed by atoms with Crippen molar-refractivity contribution in [3.63, 3.8) is 0 Å². The molecule has 1 aromatic heterocycles. The molecule has 0 aliphatic carbocycles. The van der Waals surface area contributed by atoms with E-state index in [9.17, 15) is 4.79 Å². The zero-order valence-electron chi connectivity index (χ0n) is 14.9. The van der Waals surface area contributed by atoms with Gasteiger partial charge in [-0.2, -0.15) is 5.10 Å². The predicted molar refractivity (Wildman–Crippen MR) is 92.7 cm³/mol. The Hall–Kier alpha value is -2.50. The lowest BCUT2D eigenvalue weighted by Crippen LogP contribution is -2.30. The summed E-state index contributed by atoms with van der Waals surface area (Å²) >= 11 is 0. The number of hydrogen-bond donors (Lipinski definition) is 1. The molecule has 0 radical (unpaired) electrons. The molecule has 0 saturated carbocycles. The summed E-state index contributed by atoms with van der Waals surface area (Å²) in [4.78, 5) is 12.3. The highest BCUT2D eigenvalue weighted by atomic mass is 16.5. The Morgan fingerprint density at radius 3 is 2.50 bits per heavy atom. The summed E-state index contributed by atoms with van der Waals surface area (Å²) in [5, 5.41) is 7.41. The summed E-state index contributed by atoms with van der Waals surface area (Å²) in [7, 11) is 3.12. The standard InChI is InChI=1S/C18H25N3O3/c1-12(11-21-14(3)8-13(2)20-21)10-19-18(22)15-6-7-16(23-4)17(9-15)24-5/h6-9,12H,10-11H2,1-5H3,(H,19,22). The molecule has 0 saturated heterocycles. The Morgan fingerprint density at radius 2 is 1.92 bits per heavy atom. The van der Waals surface area contributed by atoms with E-state index >= 15 is 0 Å². The zero-order chi connectivity index (χ0) is 17.7. The first-order valence-electron chi connectivity index (χ1n) is 7.96. The molecule has 1 unspecified atom stereocenters. The summed E-state index contributed by atoms with van der Waals surface area (Å²) in [5.41, 5.74) is 2.69. The van der Waals surface area contributed by atoms with Crippen LogP contribution in [-0.2, 0) is 6.54 Å². The minimum absolute atomic E-state index is 0.129. The second kappa shape index (κ2) is 7.86. The van der Waals surface area contributed by atoms with Gasteiger partial charge in [-0.3, -0.25) is 9.48 Å². The quantitative estimate of drug-likeness (QED) is 0.847. The number of aromatic nitrogens is 2. The molecule has 6 nitrogen and oxygen atoms in total. The van der Waals surface area contributed by atoms with Gasteiger partial charge in [0.2, 0.25) is 0 Å². The fraction of sp³-hybridized carbons (Fsp3) is 0.444. The summed E-state index contributed by atoms with van der Waals surface area (Å²) < 4.78 is 12.4. The molecule has 0 spiro atoms. The van der Waals surface area contributed by atoms with Crippen molar-refractivity contribution in [2.75, 3.05) is 20.8 Å². The number of carbonyl (C=O) groups excluding carboxylic acids is 1. The number of amides is 1. The number of nitrogens with one attached hydrogen (secondary N) is 1. The van der Waals surface area contributed by atoms with Crippen LogP contribution in [0.25, 0.3) is 0 Å². The average molecular weight is 331 g/mol. The van der Waals surface area contributed by atoms with Gasteiger partial charge >= 0.3 is 0 Å². The fourth-order valence-corrected chi connectivity index (χ4v) is 2.57. The maximum absolute atomic E-state index is 12.3. The van der Waals surface area contributed by atoms with E-state index in [-0.39, 0.29) is 11.8 Å². The molecule has 2 aromatic rings. The second-order valence-electron chi connectivity index (χ2n) is 5.99. The normalized spacial score (nSPS) is 11.9. The largest absolute Gasteiger partial charge is 0.493 e. The van der Waals surface area contributed by atoms with Gasteiger partial charge in [-0.15, -0.1) is 0 Å². The van der Waals surface area contributed by atoms with Crippen molar-refractivity contribution in [2.24, 2.45) is 5.92 Å². The van der Waals surface area contributed by atoms with E-state index in [1.165, 1.54) is 0 Å². The summed E-state index contributed by atoms with van der Waals surface area (Å²) in [6.07, 6.45) is 0. The van der Waals surface area contributed by atoms with Crippen LogP contribution in [0.15, 0.2) is 24.3 Å². The van der Waals surface area contributed by atoms with Crippen molar-refractivity contribution in [1.82, 2.24) is 15.1 Å². The second-order valence-corrected chi connectivity index (χ2v) is 5.99. The molecule has 0 fully saturated rings. The van der Waals surface area contributed by atoms with E-state index in [4.69, 9.17) is 9.47 Å².